The first-order chi connectivity index (χ1) is 8.41. The Hall–Kier alpha value is -2.13. The number of nitro benzene ring substituents is 1. The molecule has 0 radical (unpaired) electrons. The highest BCUT2D eigenvalue weighted by atomic mass is 16.6. The first-order valence-corrected chi connectivity index (χ1v) is 5.00. The number of hydrogen-bond donors (Lipinski definition) is 2. The van der Waals surface area contributed by atoms with Crippen LogP contribution >= 0.6 is 0 Å². The van der Waals surface area contributed by atoms with E-state index in [-0.39, 0.29) is 29.1 Å². The summed E-state index contributed by atoms with van der Waals surface area (Å²) in [5, 5.41) is 28.3. The molecule has 1 aromatic rings. The SMILES string of the molecule is CN1Cc2c(OB(O)O)ccc([N+](=O)[O-])c2C1=O. The monoisotopic (exact) mass is 252 g/mol. The van der Waals surface area contributed by atoms with Gasteiger partial charge in [-0.3, -0.25) is 14.9 Å². The van der Waals surface area contributed by atoms with E-state index < -0.39 is 18.2 Å². The Kier molecular flexibility index (Phi) is 2.93. The van der Waals surface area contributed by atoms with Crippen molar-refractivity contribution in [3.63, 3.8) is 0 Å². The minimum Gasteiger partial charge on any atom is -0.512 e. The van der Waals surface area contributed by atoms with Gasteiger partial charge < -0.3 is 19.6 Å². The molecule has 1 aliphatic heterocycles. The Morgan fingerprint density at radius 2 is 2.17 bits per heavy atom. The summed E-state index contributed by atoms with van der Waals surface area (Å²) in [5.74, 6) is -0.446. The van der Waals surface area contributed by atoms with Gasteiger partial charge in [-0.1, -0.05) is 0 Å². The fraction of sp³-hybridized carbons (Fsp3) is 0.222. The van der Waals surface area contributed by atoms with Crippen LogP contribution in [0.5, 0.6) is 5.75 Å². The average Bonchev–Trinajstić information content (AvgIpc) is 2.56. The van der Waals surface area contributed by atoms with Gasteiger partial charge in [-0.05, 0) is 6.07 Å². The fourth-order valence-electron chi connectivity index (χ4n) is 1.89. The largest absolute Gasteiger partial charge is 0.707 e. The van der Waals surface area contributed by atoms with E-state index in [1.165, 1.54) is 18.0 Å². The van der Waals surface area contributed by atoms with Crippen molar-refractivity contribution in [1.82, 2.24) is 4.90 Å². The fourth-order valence-corrected chi connectivity index (χ4v) is 1.89. The minimum absolute atomic E-state index is 0.0447. The van der Waals surface area contributed by atoms with Crippen LogP contribution in [-0.4, -0.2) is 40.1 Å². The lowest BCUT2D eigenvalue weighted by atomic mass is 10.1. The molecule has 2 N–H and O–H groups in total. The Balaban J connectivity index is 2.58. The molecule has 0 spiro atoms. The standard InChI is InChI=1S/C9H9BN2O6/c1-11-4-5-7(18-10(14)15)3-2-6(12(16)17)8(5)9(11)13/h2-3,14-15H,4H2,1H3. The zero-order valence-electron chi connectivity index (χ0n) is 9.36. The van der Waals surface area contributed by atoms with E-state index in [1.54, 1.807) is 0 Å². The zero-order valence-corrected chi connectivity index (χ0v) is 9.36. The Labute approximate surface area is 102 Å². The second-order valence-corrected chi connectivity index (χ2v) is 3.80. The van der Waals surface area contributed by atoms with Crippen LogP contribution in [0.25, 0.3) is 0 Å². The summed E-state index contributed by atoms with van der Waals surface area (Å²) < 4.78 is 4.70. The summed E-state index contributed by atoms with van der Waals surface area (Å²) in [5.41, 5.74) is -0.107. The summed E-state index contributed by atoms with van der Waals surface area (Å²) >= 11 is 0. The van der Waals surface area contributed by atoms with E-state index in [9.17, 15) is 14.9 Å². The number of nitro groups is 1. The van der Waals surface area contributed by atoms with Crippen molar-refractivity contribution in [2.45, 2.75) is 6.54 Å². The second kappa shape index (κ2) is 4.28. The molecule has 2 rings (SSSR count). The maximum Gasteiger partial charge on any atom is 0.707 e. The smallest absolute Gasteiger partial charge is 0.512 e. The molecule has 0 saturated carbocycles. The van der Waals surface area contributed by atoms with Crippen LogP contribution in [0, 0.1) is 10.1 Å². The summed E-state index contributed by atoms with van der Waals surface area (Å²) in [6.07, 6.45) is 0. The minimum atomic E-state index is -2.04. The maximum atomic E-state index is 11.8. The van der Waals surface area contributed by atoms with Crippen molar-refractivity contribution < 1.29 is 24.4 Å². The van der Waals surface area contributed by atoms with Crippen molar-refractivity contribution in [2.24, 2.45) is 0 Å². The number of nitrogens with zero attached hydrogens (tertiary/aromatic N) is 2. The molecule has 0 bridgehead atoms. The molecule has 1 amide bonds. The van der Waals surface area contributed by atoms with Gasteiger partial charge in [0.2, 0.25) is 0 Å². The van der Waals surface area contributed by atoms with Gasteiger partial charge >= 0.3 is 7.32 Å². The molecule has 1 heterocycles. The predicted molar refractivity (Wildman–Crippen MR) is 59.7 cm³/mol. The molecule has 1 aromatic carbocycles. The third kappa shape index (κ3) is 1.89. The number of carbonyl (C=O) groups is 1. The molecule has 0 aliphatic carbocycles. The number of benzene rings is 1. The number of hydrogen-bond acceptors (Lipinski definition) is 6. The molecule has 0 fully saturated rings. The van der Waals surface area contributed by atoms with Crippen molar-refractivity contribution in [2.75, 3.05) is 7.05 Å². The molecule has 18 heavy (non-hydrogen) atoms. The van der Waals surface area contributed by atoms with Crippen molar-refractivity contribution in [3.05, 3.63) is 33.4 Å². The van der Waals surface area contributed by atoms with Crippen LogP contribution in [0.15, 0.2) is 12.1 Å². The molecule has 1 aliphatic rings. The normalized spacial score (nSPS) is 13.5. The highest BCUT2D eigenvalue weighted by Gasteiger charge is 2.35. The Bertz CT molecular complexity index is 532. The molecule has 0 unspecified atom stereocenters. The van der Waals surface area contributed by atoms with Crippen molar-refractivity contribution in [3.8, 4) is 5.75 Å². The molecule has 0 saturated heterocycles. The van der Waals surface area contributed by atoms with E-state index in [1.807, 2.05) is 0 Å². The number of carbonyl (C=O) groups excluding carboxylic acids is 1. The predicted octanol–water partition coefficient (Wildman–Crippen LogP) is -0.471. The maximum absolute atomic E-state index is 11.8. The van der Waals surface area contributed by atoms with Gasteiger partial charge in [0.25, 0.3) is 11.6 Å². The Morgan fingerprint density at radius 3 is 2.72 bits per heavy atom. The summed E-state index contributed by atoms with van der Waals surface area (Å²) in [4.78, 5) is 23.3. The van der Waals surface area contributed by atoms with Gasteiger partial charge in [-0.25, -0.2) is 0 Å². The van der Waals surface area contributed by atoms with Crippen LogP contribution < -0.4 is 4.65 Å². The highest BCUT2D eigenvalue weighted by molar-refractivity contribution is 6.33. The summed E-state index contributed by atoms with van der Waals surface area (Å²) in [6.45, 7) is 0.123. The summed E-state index contributed by atoms with van der Waals surface area (Å²) in [7, 11) is -0.554. The topological polar surface area (TPSA) is 113 Å². The number of amides is 1. The van der Waals surface area contributed by atoms with Crippen LogP contribution in [0.1, 0.15) is 15.9 Å². The quantitative estimate of drug-likeness (QED) is 0.427. The van der Waals surface area contributed by atoms with E-state index in [2.05, 4.69) is 0 Å². The number of fused-ring (bicyclic) bond motifs is 1. The van der Waals surface area contributed by atoms with Gasteiger partial charge in [0.1, 0.15) is 11.3 Å². The molecule has 0 aromatic heterocycles. The van der Waals surface area contributed by atoms with Crippen LogP contribution in [0.2, 0.25) is 0 Å². The van der Waals surface area contributed by atoms with E-state index in [0.29, 0.717) is 0 Å². The van der Waals surface area contributed by atoms with Gasteiger partial charge in [0.05, 0.1) is 11.5 Å². The van der Waals surface area contributed by atoms with Gasteiger partial charge in [-0.15, -0.1) is 0 Å². The average molecular weight is 252 g/mol. The third-order valence-corrected chi connectivity index (χ3v) is 2.63. The molecule has 94 valence electrons. The van der Waals surface area contributed by atoms with Crippen LogP contribution in [0.3, 0.4) is 0 Å². The Morgan fingerprint density at radius 1 is 1.50 bits per heavy atom. The second-order valence-electron chi connectivity index (χ2n) is 3.80. The van der Waals surface area contributed by atoms with E-state index >= 15 is 0 Å². The van der Waals surface area contributed by atoms with E-state index in [0.717, 1.165) is 6.07 Å². The van der Waals surface area contributed by atoms with Gasteiger partial charge in [0, 0.05) is 18.7 Å². The molecular formula is C9H9BN2O6. The van der Waals surface area contributed by atoms with Gasteiger partial charge in [0.15, 0.2) is 0 Å². The molecular weight excluding hydrogens is 243 g/mol. The lowest BCUT2D eigenvalue weighted by Crippen LogP contribution is -2.21. The third-order valence-electron chi connectivity index (χ3n) is 2.63. The summed E-state index contributed by atoms with van der Waals surface area (Å²) in [6, 6.07) is 2.34. The van der Waals surface area contributed by atoms with Crippen molar-refractivity contribution in [1.29, 1.82) is 0 Å². The highest BCUT2D eigenvalue weighted by Crippen LogP contribution is 2.36. The first kappa shape index (κ1) is 12.3. The lowest BCUT2D eigenvalue weighted by molar-refractivity contribution is -0.385. The molecule has 0 atom stereocenters. The van der Waals surface area contributed by atoms with Crippen LogP contribution in [0.4, 0.5) is 5.69 Å². The number of rotatable bonds is 3. The lowest BCUT2D eigenvalue weighted by Gasteiger charge is -2.09. The van der Waals surface area contributed by atoms with Crippen LogP contribution in [-0.2, 0) is 6.54 Å². The van der Waals surface area contributed by atoms with Gasteiger partial charge in [-0.2, -0.15) is 0 Å². The van der Waals surface area contributed by atoms with Crippen molar-refractivity contribution >= 4 is 18.9 Å². The van der Waals surface area contributed by atoms with E-state index in [4.69, 9.17) is 14.7 Å². The molecule has 8 nitrogen and oxygen atoms in total. The molecule has 9 heteroatoms. The zero-order chi connectivity index (χ0) is 13.4. The first-order valence-electron chi connectivity index (χ1n) is 5.00.